The van der Waals surface area contributed by atoms with E-state index in [1.165, 1.54) is 0 Å². The zero-order valence-corrected chi connectivity index (χ0v) is 12.2. The molecule has 1 unspecified atom stereocenters. The normalized spacial score (nSPS) is 14.8. The van der Waals surface area contributed by atoms with Gasteiger partial charge in [0.15, 0.2) is 0 Å². The van der Waals surface area contributed by atoms with Crippen molar-refractivity contribution in [2.24, 2.45) is 0 Å². The highest BCUT2D eigenvalue weighted by atomic mass is 35.5. The van der Waals surface area contributed by atoms with Crippen LogP contribution in [0.5, 0.6) is 0 Å². The Balaban J connectivity index is 2.04. The zero-order chi connectivity index (χ0) is 14.5. The maximum atomic E-state index is 11.8. The van der Waals surface area contributed by atoms with Crippen molar-refractivity contribution in [3.8, 4) is 0 Å². The van der Waals surface area contributed by atoms with Gasteiger partial charge in [0.1, 0.15) is 0 Å². The molecule has 20 heavy (non-hydrogen) atoms. The first-order valence-corrected chi connectivity index (χ1v) is 7.24. The standard InChI is InChI=1S/C14H19ClN2O3/c1-2-20-14(19)17-6-5-10-7-11(3-4-13(10)17)16-9-12(18)8-15/h3-4,7,12,16,18H,2,5-6,8-9H2,1H3. The lowest BCUT2D eigenvalue weighted by Crippen LogP contribution is -2.29. The van der Waals surface area contributed by atoms with E-state index in [1.807, 2.05) is 18.2 Å². The first-order chi connectivity index (χ1) is 9.65. The summed E-state index contributed by atoms with van der Waals surface area (Å²) in [6.07, 6.45) is -0.0627. The van der Waals surface area contributed by atoms with Crippen molar-refractivity contribution in [2.45, 2.75) is 19.4 Å². The van der Waals surface area contributed by atoms with E-state index in [0.717, 1.165) is 23.4 Å². The quantitative estimate of drug-likeness (QED) is 0.818. The highest BCUT2D eigenvalue weighted by molar-refractivity contribution is 6.18. The summed E-state index contributed by atoms with van der Waals surface area (Å²) in [5, 5.41) is 12.5. The average Bonchev–Trinajstić information content (AvgIpc) is 2.88. The van der Waals surface area contributed by atoms with Crippen LogP contribution in [0.2, 0.25) is 0 Å². The summed E-state index contributed by atoms with van der Waals surface area (Å²) in [6.45, 7) is 3.22. The predicted octanol–water partition coefficient (Wildman–Crippen LogP) is 2.22. The summed E-state index contributed by atoms with van der Waals surface area (Å²) < 4.78 is 5.03. The Morgan fingerprint density at radius 3 is 3.10 bits per heavy atom. The van der Waals surface area contributed by atoms with Crippen molar-refractivity contribution in [3.05, 3.63) is 23.8 Å². The molecule has 6 heteroatoms. The number of aliphatic hydroxyl groups excluding tert-OH is 1. The van der Waals surface area contributed by atoms with E-state index in [1.54, 1.807) is 11.8 Å². The van der Waals surface area contributed by atoms with Crippen LogP contribution in [0.1, 0.15) is 12.5 Å². The minimum atomic E-state index is -0.569. The van der Waals surface area contributed by atoms with Gasteiger partial charge in [0, 0.05) is 18.8 Å². The summed E-state index contributed by atoms with van der Waals surface area (Å²) in [6, 6.07) is 5.78. The zero-order valence-electron chi connectivity index (χ0n) is 11.4. The summed E-state index contributed by atoms with van der Waals surface area (Å²) in [5.74, 6) is 0.203. The fourth-order valence-corrected chi connectivity index (χ4v) is 2.30. The van der Waals surface area contributed by atoms with Crippen LogP contribution >= 0.6 is 11.6 Å². The number of benzene rings is 1. The molecule has 0 aliphatic carbocycles. The molecule has 1 atom stereocenters. The van der Waals surface area contributed by atoms with Gasteiger partial charge in [0.05, 0.1) is 24.3 Å². The van der Waals surface area contributed by atoms with Gasteiger partial charge in [-0.25, -0.2) is 4.79 Å². The van der Waals surface area contributed by atoms with Gasteiger partial charge in [-0.2, -0.15) is 0 Å². The third kappa shape index (κ3) is 3.35. The Bertz CT molecular complexity index is 481. The van der Waals surface area contributed by atoms with Gasteiger partial charge in [-0.1, -0.05) is 0 Å². The number of nitrogens with one attached hydrogen (secondary N) is 1. The van der Waals surface area contributed by atoms with E-state index < -0.39 is 6.10 Å². The Morgan fingerprint density at radius 1 is 1.60 bits per heavy atom. The van der Waals surface area contributed by atoms with Crippen LogP contribution in [0.4, 0.5) is 16.2 Å². The number of halogens is 1. The van der Waals surface area contributed by atoms with Gasteiger partial charge in [0.25, 0.3) is 0 Å². The molecule has 0 saturated carbocycles. The molecule has 1 aliphatic heterocycles. The van der Waals surface area contributed by atoms with Crippen molar-refractivity contribution >= 4 is 29.1 Å². The number of carbonyl (C=O) groups is 1. The molecule has 1 heterocycles. The summed E-state index contributed by atoms with van der Waals surface area (Å²) in [4.78, 5) is 13.4. The number of aliphatic hydroxyl groups is 1. The van der Waals surface area contributed by atoms with Crippen molar-refractivity contribution in [2.75, 3.05) is 35.8 Å². The van der Waals surface area contributed by atoms with Crippen LogP contribution in [0, 0.1) is 0 Å². The van der Waals surface area contributed by atoms with Gasteiger partial charge in [-0.05, 0) is 37.1 Å². The molecule has 0 radical (unpaired) electrons. The third-order valence-electron chi connectivity index (χ3n) is 3.18. The molecule has 1 amide bonds. The molecule has 110 valence electrons. The highest BCUT2D eigenvalue weighted by Gasteiger charge is 2.25. The number of fused-ring (bicyclic) bond motifs is 1. The fraction of sp³-hybridized carbons (Fsp3) is 0.500. The number of hydrogen-bond acceptors (Lipinski definition) is 4. The number of carbonyl (C=O) groups excluding carboxylic acids is 1. The molecule has 0 saturated heterocycles. The lowest BCUT2D eigenvalue weighted by molar-refractivity contribution is 0.160. The maximum absolute atomic E-state index is 11.8. The van der Waals surface area contributed by atoms with Gasteiger partial charge in [-0.3, -0.25) is 4.90 Å². The topological polar surface area (TPSA) is 61.8 Å². The minimum absolute atomic E-state index is 0.203. The third-order valence-corrected chi connectivity index (χ3v) is 3.54. The minimum Gasteiger partial charge on any atom is -0.449 e. The molecule has 0 aromatic heterocycles. The number of rotatable bonds is 5. The Kier molecular flexibility index (Phi) is 5.09. The van der Waals surface area contributed by atoms with Crippen molar-refractivity contribution in [3.63, 3.8) is 0 Å². The van der Waals surface area contributed by atoms with E-state index >= 15 is 0 Å². The molecule has 1 aromatic rings. The molecular formula is C14H19ClN2O3. The number of hydrogen-bond donors (Lipinski definition) is 2. The highest BCUT2D eigenvalue weighted by Crippen LogP contribution is 2.30. The first kappa shape index (κ1) is 14.9. The fourth-order valence-electron chi connectivity index (χ4n) is 2.19. The van der Waals surface area contributed by atoms with E-state index in [4.69, 9.17) is 16.3 Å². The number of ether oxygens (including phenoxy) is 1. The molecule has 2 N–H and O–H groups in total. The summed E-state index contributed by atoms with van der Waals surface area (Å²) in [7, 11) is 0. The molecule has 0 fully saturated rings. The lowest BCUT2D eigenvalue weighted by Gasteiger charge is -2.17. The maximum Gasteiger partial charge on any atom is 0.414 e. The molecular weight excluding hydrogens is 280 g/mol. The van der Waals surface area contributed by atoms with Gasteiger partial charge in [0.2, 0.25) is 0 Å². The van der Waals surface area contributed by atoms with Gasteiger partial charge >= 0.3 is 6.09 Å². The second-order valence-corrected chi connectivity index (χ2v) is 4.94. The van der Waals surface area contributed by atoms with Crippen molar-refractivity contribution < 1.29 is 14.6 Å². The lowest BCUT2D eigenvalue weighted by atomic mass is 10.1. The monoisotopic (exact) mass is 298 g/mol. The molecule has 5 nitrogen and oxygen atoms in total. The van der Waals surface area contributed by atoms with Crippen LogP contribution in [0.3, 0.4) is 0 Å². The average molecular weight is 299 g/mol. The van der Waals surface area contributed by atoms with Crippen LogP contribution in [-0.2, 0) is 11.2 Å². The molecule has 0 spiro atoms. The smallest absolute Gasteiger partial charge is 0.414 e. The molecule has 1 aliphatic rings. The number of amides is 1. The van der Waals surface area contributed by atoms with E-state index in [-0.39, 0.29) is 12.0 Å². The largest absolute Gasteiger partial charge is 0.449 e. The Labute approximate surface area is 123 Å². The van der Waals surface area contributed by atoms with E-state index in [9.17, 15) is 9.90 Å². The number of alkyl halides is 1. The van der Waals surface area contributed by atoms with Gasteiger partial charge in [-0.15, -0.1) is 11.6 Å². The van der Waals surface area contributed by atoms with Crippen LogP contribution in [0.25, 0.3) is 0 Å². The SMILES string of the molecule is CCOC(=O)N1CCc2cc(NCC(O)CCl)ccc21. The number of nitrogens with zero attached hydrogens (tertiary/aromatic N) is 1. The Morgan fingerprint density at radius 2 is 2.40 bits per heavy atom. The summed E-state index contributed by atoms with van der Waals surface area (Å²) in [5.41, 5.74) is 2.91. The first-order valence-electron chi connectivity index (χ1n) is 6.70. The van der Waals surface area contributed by atoms with Crippen molar-refractivity contribution in [1.29, 1.82) is 0 Å². The second-order valence-electron chi connectivity index (χ2n) is 4.63. The van der Waals surface area contributed by atoms with Gasteiger partial charge < -0.3 is 15.2 Å². The second kappa shape index (κ2) is 6.81. The molecule has 1 aromatic carbocycles. The molecule has 0 bridgehead atoms. The van der Waals surface area contributed by atoms with Crippen molar-refractivity contribution in [1.82, 2.24) is 0 Å². The van der Waals surface area contributed by atoms with Crippen LogP contribution in [0.15, 0.2) is 18.2 Å². The molecule has 2 rings (SSSR count). The van der Waals surface area contributed by atoms with E-state index in [2.05, 4.69) is 5.32 Å². The Hall–Kier alpha value is -1.46. The van der Waals surface area contributed by atoms with E-state index in [0.29, 0.717) is 19.7 Å². The number of anilines is 2. The van der Waals surface area contributed by atoms with Crippen LogP contribution < -0.4 is 10.2 Å². The predicted molar refractivity (Wildman–Crippen MR) is 79.7 cm³/mol. The summed E-state index contributed by atoms with van der Waals surface area (Å²) >= 11 is 5.55. The van der Waals surface area contributed by atoms with Crippen LogP contribution in [-0.4, -0.2) is 42.9 Å².